The molecule has 1 aromatic carbocycles. The Bertz CT molecular complexity index is 831. The summed E-state index contributed by atoms with van der Waals surface area (Å²) in [6, 6.07) is 5.72. The highest BCUT2D eigenvalue weighted by atomic mass is 16.3. The molecule has 0 bridgehead atoms. The monoisotopic (exact) mass is 385 g/mol. The predicted octanol–water partition coefficient (Wildman–Crippen LogP) is 0.494. The summed E-state index contributed by atoms with van der Waals surface area (Å²) < 4.78 is 0. The first-order chi connectivity index (χ1) is 13.3. The van der Waals surface area contributed by atoms with Gasteiger partial charge in [-0.25, -0.2) is 9.98 Å². The van der Waals surface area contributed by atoms with Crippen LogP contribution in [-0.4, -0.2) is 45.1 Å². The molecular formula is C19H23N5O4. The number of aromatic nitrogens is 2. The molecular weight excluding hydrogens is 362 g/mol. The summed E-state index contributed by atoms with van der Waals surface area (Å²) in [6.07, 6.45) is 5.15. The standard InChI is InChI=1S/C19H23N5O4/c1-12(24-17(26)7-4-13-2-5-16(25)6-3-13)19(28)22-9-14(18(20)27)8-15-10-21-11-23-15/h2-3,5-6,9-12,14,25H,4,7-8H2,1H3,(H2,20,27)(H,21,23)(H,24,26)/t12-,14?/m0/s1. The van der Waals surface area contributed by atoms with Gasteiger partial charge in [0.05, 0.1) is 12.2 Å². The molecule has 2 aromatic rings. The summed E-state index contributed by atoms with van der Waals surface area (Å²) in [7, 11) is 0. The first kappa shape index (κ1) is 20.8. The number of phenols is 1. The molecule has 1 heterocycles. The molecule has 0 aliphatic heterocycles. The van der Waals surface area contributed by atoms with E-state index in [4.69, 9.17) is 5.73 Å². The molecule has 2 rings (SSSR count). The number of carbonyl (C=O) groups is 3. The number of nitrogens with one attached hydrogen (secondary N) is 2. The van der Waals surface area contributed by atoms with E-state index in [1.807, 2.05) is 0 Å². The number of aliphatic imine (C=N–C) groups is 1. The molecule has 1 aromatic heterocycles. The van der Waals surface area contributed by atoms with Crippen LogP contribution in [0.1, 0.15) is 24.6 Å². The third kappa shape index (κ3) is 6.67. The predicted molar refractivity (Wildman–Crippen MR) is 103 cm³/mol. The van der Waals surface area contributed by atoms with Gasteiger partial charge < -0.3 is 21.1 Å². The van der Waals surface area contributed by atoms with Gasteiger partial charge in [-0.3, -0.25) is 14.4 Å². The van der Waals surface area contributed by atoms with Crippen LogP contribution in [0.15, 0.2) is 41.8 Å². The molecule has 148 valence electrons. The lowest BCUT2D eigenvalue weighted by Crippen LogP contribution is -2.38. The number of hydrogen-bond donors (Lipinski definition) is 4. The number of rotatable bonds is 9. The lowest BCUT2D eigenvalue weighted by molar-refractivity contribution is -0.126. The Balaban J connectivity index is 1.82. The summed E-state index contributed by atoms with van der Waals surface area (Å²) in [6.45, 7) is 1.52. The van der Waals surface area contributed by atoms with Gasteiger partial charge in [0.2, 0.25) is 11.8 Å². The first-order valence-electron chi connectivity index (χ1n) is 8.77. The van der Waals surface area contributed by atoms with Crippen molar-refractivity contribution in [2.45, 2.75) is 32.2 Å². The SMILES string of the molecule is C[C@H](NC(=O)CCc1ccc(O)cc1)C(=O)N=CC(Cc1cnc[nH]1)C(N)=O. The zero-order valence-electron chi connectivity index (χ0n) is 15.5. The molecule has 9 nitrogen and oxygen atoms in total. The Labute approximate surface area is 162 Å². The fourth-order valence-corrected chi connectivity index (χ4v) is 2.43. The Morgan fingerprint density at radius 2 is 2.04 bits per heavy atom. The molecule has 3 amide bonds. The number of primary amides is 1. The summed E-state index contributed by atoms with van der Waals surface area (Å²) in [5.74, 6) is -2.09. The van der Waals surface area contributed by atoms with E-state index in [2.05, 4.69) is 20.3 Å². The smallest absolute Gasteiger partial charge is 0.267 e. The van der Waals surface area contributed by atoms with E-state index in [-0.39, 0.29) is 24.5 Å². The minimum absolute atomic E-state index is 0.159. The van der Waals surface area contributed by atoms with Crippen LogP contribution in [0.2, 0.25) is 0 Å². The number of nitrogens with two attached hydrogens (primary N) is 1. The Morgan fingerprint density at radius 3 is 2.64 bits per heavy atom. The average molecular weight is 385 g/mol. The van der Waals surface area contributed by atoms with Crippen LogP contribution in [-0.2, 0) is 27.2 Å². The van der Waals surface area contributed by atoms with Gasteiger partial charge in [-0.2, -0.15) is 0 Å². The second-order valence-electron chi connectivity index (χ2n) is 6.36. The molecule has 2 atom stereocenters. The maximum atomic E-state index is 12.1. The van der Waals surface area contributed by atoms with Crippen LogP contribution in [0.3, 0.4) is 0 Å². The van der Waals surface area contributed by atoms with Crippen LogP contribution >= 0.6 is 0 Å². The highest BCUT2D eigenvalue weighted by Gasteiger charge is 2.18. The minimum atomic E-state index is -0.829. The molecule has 1 unspecified atom stereocenters. The molecule has 0 aliphatic rings. The van der Waals surface area contributed by atoms with Crippen molar-refractivity contribution in [2.24, 2.45) is 16.6 Å². The maximum Gasteiger partial charge on any atom is 0.267 e. The molecule has 0 aliphatic carbocycles. The summed E-state index contributed by atoms with van der Waals surface area (Å²) >= 11 is 0. The number of hydrogen-bond acceptors (Lipinski definition) is 5. The molecule has 0 spiro atoms. The lowest BCUT2D eigenvalue weighted by Gasteiger charge is -2.11. The van der Waals surface area contributed by atoms with Crippen molar-refractivity contribution >= 4 is 23.9 Å². The summed E-state index contributed by atoms with van der Waals surface area (Å²) in [5, 5.41) is 11.8. The second kappa shape index (κ2) is 10.0. The van der Waals surface area contributed by atoms with E-state index in [0.717, 1.165) is 5.56 Å². The number of aromatic hydroxyl groups is 1. The van der Waals surface area contributed by atoms with E-state index in [1.165, 1.54) is 19.5 Å². The number of benzene rings is 1. The zero-order valence-corrected chi connectivity index (χ0v) is 15.5. The van der Waals surface area contributed by atoms with Crippen molar-refractivity contribution in [2.75, 3.05) is 0 Å². The Hall–Kier alpha value is -3.49. The van der Waals surface area contributed by atoms with Gasteiger partial charge >= 0.3 is 0 Å². The van der Waals surface area contributed by atoms with Gasteiger partial charge in [-0.1, -0.05) is 12.1 Å². The van der Waals surface area contributed by atoms with E-state index < -0.39 is 23.8 Å². The molecule has 5 N–H and O–H groups in total. The molecule has 0 saturated heterocycles. The number of phenolic OH excluding ortho intramolecular Hbond substituents is 1. The Morgan fingerprint density at radius 1 is 1.32 bits per heavy atom. The lowest BCUT2D eigenvalue weighted by atomic mass is 10.0. The largest absolute Gasteiger partial charge is 0.508 e. The van der Waals surface area contributed by atoms with Gasteiger partial charge in [-0.15, -0.1) is 0 Å². The number of H-pyrrole nitrogens is 1. The van der Waals surface area contributed by atoms with Crippen LogP contribution in [0.5, 0.6) is 5.75 Å². The van der Waals surface area contributed by atoms with Gasteiger partial charge in [0.15, 0.2) is 0 Å². The van der Waals surface area contributed by atoms with Crippen LogP contribution in [0, 0.1) is 5.92 Å². The third-order valence-corrected chi connectivity index (χ3v) is 4.07. The van der Waals surface area contributed by atoms with Crippen LogP contribution in [0.4, 0.5) is 0 Å². The van der Waals surface area contributed by atoms with E-state index in [0.29, 0.717) is 12.1 Å². The number of aromatic amines is 1. The second-order valence-corrected chi connectivity index (χ2v) is 6.36. The molecule has 0 radical (unpaired) electrons. The highest BCUT2D eigenvalue weighted by Crippen LogP contribution is 2.11. The van der Waals surface area contributed by atoms with Crippen molar-refractivity contribution in [1.29, 1.82) is 0 Å². The van der Waals surface area contributed by atoms with Crippen LogP contribution < -0.4 is 11.1 Å². The fourth-order valence-electron chi connectivity index (χ4n) is 2.43. The minimum Gasteiger partial charge on any atom is -0.508 e. The molecule has 9 heteroatoms. The van der Waals surface area contributed by atoms with E-state index >= 15 is 0 Å². The normalized spacial score (nSPS) is 13.2. The van der Waals surface area contributed by atoms with Crippen molar-refractivity contribution in [3.05, 3.63) is 48.0 Å². The number of amides is 3. The number of aryl methyl sites for hydroxylation is 1. The topological polar surface area (TPSA) is 151 Å². The molecule has 0 saturated carbocycles. The van der Waals surface area contributed by atoms with Gasteiger partial charge in [0, 0.05) is 30.9 Å². The average Bonchev–Trinajstić information content (AvgIpc) is 3.17. The number of carbonyl (C=O) groups excluding carboxylic acids is 3. The number of nitrogens with zero attached hydrogens (tertiary/aromatic N) is 2. The maximum absolute atomic E-state index is 12.1. The van der Waals surface area contributed by atoms with Crippen molar-refractivity contribution in [3.8, 4) is 5.75 Å². The molecule has 28 heavy (non-hydrogen) atoms. The van der Waals surface area contributed by atoms with Gasteiger partial charge in [0.1, 0.15) is 11.8 Å². The zero-order chi connectivity index (χ0) is 20.5. The third-order valence-electron chi connectivity index (χ3n) is 4.07. The fraction of sp³-hybridized carbons (Fsp3) is 0.316. The van der Waals surface area contributed by atoms with Gasteiger partial charge in [-0.05, 0) is 31.0 Å². The molecule has 0 fully saturated rings. The number of imidazole rings is 1. The summed E-state index contributed by atoms with van der Waals surface area (Å²) in [5.41, 5.74) is 6.93. The van der Waals surface area contributed by atoms with Crippen molar-refractivity contribution in [3.63, 3.8) is 0 Å². The summed E-state index contributed by atoms with van der Waals surface area (Å²) in [4.78, 5) is 46.1. The van der Waals surface area contributed by atoms with Gasteiger partial charge in [0.25, 0.3) is 5.91 Å². The first-order valence-corrected chi connectivity index (χ1v) is 8.77. The quantitative estimate of drug-likeness (QED) is 0.463. The Kier molecular flexibility index (Phi) is 7.44. The van der Waals surface area contributed by atoms with Crippen LogP contribution in [0.25, 0.3) is 0 Å². The van der Waals surface area contributed by atoms with Crippen molar-refractivity contribution < 1.29 is 19.5 Å². The van der Waals surface area contributed by atoms with E-state index in [1.54, 1.807) is 30.5 Å². The van der Waals surface area contributed by atoms with E-state index in [9.17, 15) is 19.5 Å². The van der Waals surface area contributed by atoms with Crippen molar-refractivity contribution in [1.82, 2.24) is 15.3 Å². The highest BCUT2D eigenvalue weighted by molar-refractivity contribution is 5.98.